The quantitative estimate of drug-likeness (QED) is 0.519. The van der Waals surface area contributed by atoms with E-state index in [1.807, 2.05) is 0 Å². The number of nitrogens with zero attached hydrogens (tertiary/aromatic N) is 1. The number of halogens is 3. The van der Waals surface area contributed by atoms with Gasteiger partial charge in [-0.1, -0.05) is 39.7 Å². The summed E-state index contributed by atoms with van der Waals surface area (Å²) in [4.78, 5) is 11.7. The van der Waals surface area contributed by atoms with Crippen LogP contribution >= 0.6 is 43.5 Å². The third kappa shape index (κ3) is 5.23. The highest BCUT2D eigenvalue weighted by atomic mass is 79.9. The van der Waals surface area contributed by atoms with Crippen molar-refractivity contribution < 1.29 is 14.6 Å². The molecular formula is C15H11Br2ClN2O3. The molecule has 2 aromatic rings. The number of amides is 1. The Morgan fingerprint density at radius 3 is 2.83 bits per heavy atom. The van der Waals surface area contributed by atoms with Crippen LogP contribution in [0.1, 0.15) is 5.56 Å². The second-order valence-corrected chi connectivity index (χ2v) is 6.51. The van der Waals surface area contributed by atoms with Crippen LogP contribution in [0.5, 0.6) is 11.5 Å². The van der Waals surface area contributed by atoms with E-state index in [1.165, 1.54) is 6.21 Å². The Kier molecular flexibility index (Phi) is 6.44. The molecule has 120 valence electrons. The van der Waals surface area contributed by atoms with E-state index in [4.69, 9.17) is 16.3 Å². The van der Waals surface area contributed by atoms with Crippen molar-refractivity contribution >= 4 is 55.6 Å². The number of hydrogen-bond donors (Lipinski definition) is 2. The molecule has 0 aliphatic rings. The minimum absolute atomic E-state index is 0.0264. The molecule has 2 N–H and O–H groups in total. The number of hydrogen-bond acceptors (Lipinski definition) is 4. The zero-order chi connectivity index (χ0) is 16.8. The average Bonchev–Trinajstić information content (AvgIpc) is 2.51. The largest absolute Gasteiger partial charge is 0.506 e. The first-order valence-electron chi connectivity index (χ1n) is 6.34. The van der Waals surface area contributed by atoms with Gasteiger partial charge in [-0.15, -0.1) is 0 Å². The van der Waals surface area contributed by atoms with Gasteiger partial charge < -0.3 is 9.84 Å². The minimum atomic E-state index is -0.449. The molecule has 2 aromatic carbocycles. The molecule has 0 spiro atoms. The first kappa shape index (κ1) is 17.8. The molecule has 0 atom stereocenters. The lowest BCUT2D eigenvalue weighted by Crippen LogP contribution is -2.24. The van der Waals surface area contributed by atoms with Gasteiger partial charge in [-0.25, -0.2) is 5.43 Å². The first-order valence-corrected chi connectivity index (χ1v) is 8.31. The summed E-state index contributed by atoms with van der Waals surface area (Å²) in [6.45, 7) is -0.227. The van der Waals surface area contributed by atoms with E-state index in [0.717, 1.165) is 4.47 Å². The van der Waals surface area contributed by atoms with Crippen molar-refractivity contribution in [3.63, 3.8) is 0 Å². The Bertz CT molecular complexity index is 753. The fourth-order valence-electron chi connectivity index (χ4n) is 1.60. The highest BCUT2D eigenvalue weighted by molar-refractivity contribution is 9.11. The third-order valence-corrected chi connectivity index (χ3v) is 4.02. The molecule has 0 aromatic heterocycles. The summed E-state index contributed by atoms with van der Waals surface area (Å²) in [6, 6.07) is 10.2. The number of nitrogens with one attached hydrogen (secondary N) is 1. The molecule has 0 saturated carbocycles. The van der Waals surface area contributed by atoms with Crippen molar-refractivity contribution in [2.24, 2.45) is 5.10 Å². The molecule has 1 amide bonds. The van der Waals surface area contributed by atoms with Crippen molar-refractivity contribution in [2.75, 3.05) is 6.61 Å². The molecule has 8 heteroatoms. The van der Waals surface area contributed by atoms with E-state index >= 15 is 0 Å². The van der Waals surface area contributed by atoms with Crippen LogP contribution in [0.3, 0.4) is 0 Å². The molecule has 0 saturated heterocycles. The SMILES string of the molecule is O=C(COc1ccccc1Cl)N/N=C\c1cc(Br)cc(Br)c1O. The lowest BCUT2D eigenvalue weighted by Gasteiger charge is -2.06. The predicted molar refractivity (Wildman–Crippen MR) is 96.2 cm³/mol. The predicted octanol–water partition coefficient (Wildman–Crippen LogP) is 4.10. The minimum Gasteiger partial charge on any atom is -0.506 e. The third-order valence-electron chi connectivity index (χ3n) is 2.65. The number of phenolic OH excluding ortho intramolecular Hbond substituents is 1. The van der Waals surface area contributed by atoms with Gasteiger partial charge in [-0.2, -0.15) is 5.10 Å². The lowest BCUT2D eigenvalue weighted by molar-refractivity contribution is -0.123. The Hall–Kier alpha value is -1.57. The summed E-state index contributed by atoms with van der Waals surface area (Å²) < 4.78 is 6.56. The van der Waals surface area contributed by atoms with Gasteiger partial charge in [0.15, 0.2) is 6.61 Å². The molecular weight excluding hydrogens is 451 g/mol. The summed E-state index contributed by atoms with van der Waals surface area (Å²) in [5.74, 6) is -0.00454. The first-order chi connectivity index (χ1) is 11.0. The molecule has 0 fully saturated rings. The topological polar surface area (TPSA) is 70.9 Å². The van der Waals surface area contributed by atoms with Gasteiger partial charge in [-0.3, -0.25) is 4.79 Å². The van der Waals surface area contributed by atoms with E-state index in [9.17, 15) is 9.90 Å². The fraction of sp³-hybridized carbons (Fsp3) is 0.0667. The van der Waals surface area contributed by atoms with Crippen LogP contribution in [0.4, 0.5) is 0 Å². The molecule has 0 aliphatic heterocycles. The van der Waals surface area contributed by atoms with Crippen LogP contribution in [-0.2, 0) is 4.79 Å². The van der Waals surface area contributed by atoms with Crippen LogP contribution in [-0.4, -0.2) is 23.8 Å². The van der Waals surface area contributed by atoms with Gasteiger partial charge in [0.05, 0.1) is 15.7 Å². The number of para-hydroxylation sites is 1. The Balaban J connectivity index is 1.91. The number of rotatable bonds is 5. The maximum Gasteiger partial charge on any atom is 0.277 e. The van der Waals surface area contributed by atoms with Crippen molar-refractivity contribution in [3.05, 3.63) is 55.9 Å². The summed E-state index contributed by atoms with van der Waals surface area (Å²) in [6.07, 6.45) is 1.33. The van der Waals surface area contributed by atoms with E-state index < -0.39 is 5.91 Å². The molecule has 0 heterocycles. The van der Waals surface area contributed by atoms with Crippen molar-refractivity contribution in [1.29, 1.82) is 0 Å². The number of carbonyl (C=O) groups excluding carboxylic acids is 1. The molecule has 0 bridgehead atoms. The highest BCUT2D eigenvalue weighted by Crippen LogP contribution is 2.30. The number of aromatic hydroxyl groups is 1. The number of hydrazone groups is 1. The van der Waals surface area contributed by atoms with Crippen LogP contribution in [0.2, 0.25) is 5.02 Å². The van der Waals surface area contributed by atoms with Gasteiger partial charge in [0.2, 0.25) is 0 Å². The highest BCUT2D eigenvalue weighted by Gasteiger charge is 2.06. The van der Waals surface area contributed by atoms with Gasteiger partial charge in [0, 0.05) is 10.0 Å². The van der Waals surface area contributed by atoms with Crippen LogP contribution in [0, 0.1) is 0 Å². The van der Waals surface area contributed by atoms with Gasteiger partial charge >= 0.3 is 0 Å². The molecule has 23 heavy (non-hydrogen) atoms. The number of ether oxygens (including phenoxy) is 1. The number of benzene rings is 2. The van der Waals surface area contributed by atoms with Crippen LogP contribution in [0.15, 0.2) is 50.4 Å². The van der Waals surface area contributed by atoms with Crippen LogP contribution in [0.25, 0.3) is 0 Å². The monoisotopic (exact) mass is 460 g/mol. The second kappa shape index (κ2) is 8.33. The average molecular weight is 463 g/mol. The zero-order valence-corrected chi connectivity index (χ0v) is 15.5. The van der Waals surface area contributed by atoms with E-state index in [2.05, 4.69) is 42.4 Å². The second-order valence-electron chi connectivity index (χ2n) is 4.34. The molecule has 5 nitrogen and oxygen atoms in total. The number of carbonyl (C=O) groups is 1. The molecule has 0 radical (unpaired) electrons. The van der Waals surface area contributed by atoms with Gasteiger partial charge in [0.1, 0.15) is 11.5 Å². The summed E-state index contributed by atoms with van der Waals surface area (Å²) >= 11 is 12.4. The maximum absolute atomic E-state index is 11.7. The van der Waals surface area contributed by atoms with Crippen LogP contribution < -0.4 is 10.2 Å². The van der Waals surface area contributed by atoms with Crippen molar-refractivity contribution in [2.45, 2.75) is 0 Å². The number of phenols is 1. The smallest absolute Gasteiger partial charge is 0.277 e. The summed E-state index contributed by atoms with van der Waals surface area (Å²) in [5, 5.41) is 14.1. The van der Waals surface area contributed by atoms with Gasteiger partial charge in [0.25, 0.3) is 5.91 Å². The standard InChI is InChI=1S/C15H11Br2ClN2O3/c16-10-5-9(15(22)11(17)6-10)7-19-20-14(21)8-23-13-4-2-1-3-12(13)18/h1-7,22H,8H2,(H,20,21)/b19-7-. The van der Waals surface area contributed by atoms with Gasteiger partial charge in [-0.05, 0) is 40.2 Å². The Morgan fingerprint density at radius 1 is 1.35 bits per heavy atom. The van der Waals surface area contributed by atoms with E-state index in [-0.39, 0.29) is 12.4 Å². The van der Waals surface area contributed by atoms with E-state index in [0.29, 0.717) is 20.8 Å². The molecule has 0 unspecified atom stereocenters. The Morgan fingerprint density at radius 2 is 2.09 bits per heavy atom. The maximum atomic E-state index is 11.7. The summed E-state index contributed by atoms with van der Waals surface area (Å²) in [5.41, 5.74) is 2.75. The summed E-state index contributed by atoms with van der Waals surface area (Å²) in [7, 11) is 0. The van der Waals surface area contributed by atoms with Crippen molar-refractivity contribution in [1.82, 2.24) is 5.43 Å². The fourth-order valence-corrected chi connectivity index (χ4v) is 3.04. The normalized spacial score (nSPS) is 10.7. The van der Waals surface area contributed by atoms with Crippen molar-refractivity contribution in [3.8, 4) is 11.5 Å². The molecule has 2 rings (SSSR count). The van der Waals surface area contributed by atoms with E-state index in [1.54, 1.807) is 36.4 Å². The zero-order valence-electron chi connectivity index (χ0n) is 11.6. The molecule has 0 aliphatic carbocycles. The Labute approximate surface area is 154 Å². The lowest BCUT2D eigenvalue weighted by atomic mass is 10.2.